The molecular formula is C19H19ClN4O2S. The fraction of sp³-hybridized carbons (Fsp3) is 0.263. The van der Waals surface area contributed by atoms with Gasteiger partial charge in [0.25, 0.3) is 0 Å². The number of aromatic nitrogens is 3. The Labute approximate surface area is 166 Å². The van der Waals surface area contributed by atoms with E-state index in [9.17, 15) is 10.1 Å². The molecule has 0 radical (unpaired) electrons. The molecule has 1 atom stereocenters. The molecule has 0 spiro atoms. The van der Waals surface area contributed by atoms with Gasteiger partial charge in [-0.3, -0.25) is 14.7 Å². The summed E-state index contributed by atoms with van der Waals surface area (Å²) < 4.78 is 1.88. The predicted octanol–water partition coefficient (Wildman–Crippen LogP) is 4.90. The lowest BCUT2D eigenvalue weighted by Gasteiger charge is -2.14. The minimum Gasteiger partial charge on any atom is -0.274 e. The molecule has 0 unspecified atom stereocenters. The number of nitro groups is 1. The highest BCUT2D eigenvalue weighted by Crippen LogP contribution is 2.36. The molecule has 0 amide bonds. The molecule has 140 valence electrons. The maximum Gasteiger partial charge on any atom is 0.220 e. The quantitative estimate of drug-likeness (QED) is 0.319. The van der Waals surface area contributed by atoms with Crippen molar-refractivity contribution in [2.45, 2.75) is 30.7 Å². The van der Waals surface area contributed by atoms with Crippen LogP contribution >= 0.6 is 23.4 Å². The Morgan fingerprint density at radius 2 is 1.81 bits per heavy atom. The summed E-state index contributed by atoms with van der Waals surface area (Å²) in [5.41, 5.74) is 2.96. The number of thioether (sulfide) groups is 1. The van der Waals surface area contributed by atoms with E-state index in [1.807, 2.05) is 47.9 Å². The van der Waals surface area contributed by atoms with Crippen LogP contribution in [0.2, 0.25) is 5.02 Å². The Hall–Kier alpha value is -2.38. The molecule has 3 rings (SSSR count). The van der Waals surface area contributed by atoms with E-state index < -0.39 is 0 Å². The third-order valence-corrected chi connectivity index (χ3v) is 5.64. The Bertz CT molecular complexity index is 926. The highest BCUT2D eigenvalue weighted by molar-refractivity contribution is 7.99. The van der Waals surface area contributed by atoms with Crippen LogP contribution in [0.1, 0.15) is 29.1 Å². The second-order valence-corrected chi connectivity index (χ2v) is 7.66. The van der Waals surface area contributed by atoms with E-state index >= 15 is 0 Å². The van der Waals surface area contributed by atoms with Crippen LogP contribution in [0.15, 0.2) is 53.7 Å². The van der Waals surface area contributed by atoms with Gasteiger partial charge in [0.2, 0.25) is 6.54 Å². The van der Waals surface area contributed by atoms with Crippen LogP contribution in [0.4, 0.5) is 0 Å². The summed E-state index contributed by atoms with van der Waals surface area (Å²) in [5.74, 6) is 0.709. The molecule has 3 aromatic rings. The molecule has 8 heteroatoms. The van der Waals surface area contributed by atoms with E-state index in [0.29, 0.717) is 16.0 Å². The molecule has 0 aliphatic rings. The minimum absolute atomic E-state index is 0.192. The molecule has 0 saturated heterocycles. The van der Waals surface area contributed by atoms with E-state index in [2.05, 4.69) is 17.1 Å². The Balaban J connectivity index is 1.94. The molecule has 1 heterocycles. The van der Waals surface area contributed by atoms with Crippen LogP contribution in [0, 0.1) is 17.0 Å². The third kappa shape index (κ3) is 4.67. The van der Waals surface area contributed by atoms with Crippen molar-refractivity contribution in [2.24, 2.45) is 0 Å². The van der Waals surface area contributed by atoms with Crippen LogP contribution in [0.25, 0.3) is 5.69 Å². The van der Waals surface area contributed by atoms with Crippen molar-refractivity contribution < 1.29 is 4.92 Å². The zero-order valence-corrected chi connectivity index (χ0v) is 16.6. The molecule has 0 fully saturated rings. The zero-order valence-electron chi connectivity index (χ0n) is 15.0. The number of rotatable bonds is 7. The maximum atomic E-state index is 11.2. The van der Waals surface area contributed by atoms with Crippen LogP contribution in [0.5, 0.6) is 0 Å². The van der Waals surface area contributed by atoms with E-state index in [4.69, 9.17) is 11.6 Å². The second-order valence-electron chi connectivity index (χ2n) is 6.06. The van der Waals surface area contributed by atoms with Gasteiger partial charge in [-0.2, -0.15) is 0 Å². The number of hydrogen-bond donors (Lipinski definition) is 0. The number of aryl methyl sites for hydroxylation is 2. The summed E-state index contributed by atoms with van der Waals surface area (Å²) in [4.78, 5) is 10.9. The van der Waals surface area contributed by atoms with Crippen molar-refractivity contribution in [3.8, 4) is 5.69 Å². The average molecular weight is 403 g/mol. The van der Waals surface area contributed by atoms with Crippen molar-refractivity contribution in [1.29, 1.82) is 0 Å². The largest absolute Gasteiger partial charge is 0.274 e. The third-order valence-electron chi connectivity index (χ3n) is 4.20. The predicted molar refractivity (Wildman–Crippen MR) is 107 cm³/mol. The number of halogens is 1. The van der Waals surface area contributed by atoms with Gasteiger partial charge in [-0.15, -0.1) is 10.2 Å². The number of benzene rings is 2. The van der Waals surface area contributed by atoms with Crippen molar-refractivity contribution in [2.75, 3.05) is 6.54 Å². The first-order valence-electron chi connectivity index (χ1n) is 8.53. The van der Waals surface area contributed by atoms with Gasteiger partial charge in [0, 0.05) is 15.6 Å². The van der Waals surface area contributed by atoms with Gasteiger partial charge in [-0.1, -0.05) is 54.6 Å². The number of nitrogens with zero attached hydrogens (tertiary/aromatic N) is 4. The Kier molecular flexibility index (Phi) is 6.13. The van der Waals surface area contributed by atoms with Gasteiger partial charge in [0.05, 0.1) is 0 Å². The average Bonchev–Trinajstić information content (AvgIpc) is 3.02. The van der Waals surface area contributed by atoms with Crippen molar-refractivity contribution in [3.05, 3.63) is 80.6 Å². The summed E-state index contributed by atoms with van der Waals surface area (Å²) in [6, 6.07) is 15.3. The lowest BCUT2D eigenvalue weighted by molar-refractivity contribution is -0.479. The summed E-state index contributed by atoms with van der Waals surface area (Å²) in [7, 11) is 0. The first kappa shape index (κ1) is 19.4. The fourth-order valence-corrected chi connectivity index (χ4v) is 4.05. The molecule has 2 aromatic carbocycles. The summed E-state index contributed by atoms with van der Waals surface area (Å²) in [5, 5.41) is 20.5. The minimum atomic E-state index is -0.361. The maximum absolute atomic E-state index is 11.2. The fourth-order valence-electron chi connectivity index (χ4n) is 2.75. The first-order valence-corrected chi connectivity index (χ1v) is 9.79. The van der Waals surface area contributed by atoms with Crippen LogP contribution in [-0.4, -0.2) is 26.2 Å². The van der Waals surface area contributed by atoms with Gasteiger partial charge < -0.3 is 0 Å². The topological polar surface area (TPSA) is 73.8 Å². The smallest absolute Gasteiger partial charge is 0.220 e. The monoisotopic (exact) mass is 402 g/mol. The molecule has 6 nitrogen and oxygen atoms in total. The van der Waals surface area contributed by atoms with Crippen LogP contribution in [0.3, 0.4) is 0 Å². The Morgan fingerprint density at radius 1 is 1.15 bits per heavy atom. The van der Waals surface area contributed by atoms with Crippen molar-refractivity contribution in [1.82, 2.24) is 14.8 Å². The van der Waals surface area contributed by atoms with Crippen LogP contribution in [-0.2, 0) is 6.42 Å². The van der Waals surface area contributed by atoms with Gasteiger partial charge >= 0.3 is 0 Å². The van der Waals surface area contributed by atoms with E-state index in [1.165, 1.54) is 17.3 Å². The SMILES string of the molecule is CCc1ccc([C@@H](C[N+](=O)[O-])Sc2nnc(C)n2-c2ccc(Cl)cc2)cc1. The summed E-state index contributed by atoms with van der Waals surface area (Å²) in [6.07, 6.45) is 0.928. The molecule has 0 bridgehead atoms. The Morgan fingerprint density at radius 3 is 2.41 bits per heavy atom. The van der Waals surface area contributed by atoms with E-state index in [0.717, 1.165) is 17.7 Å². The van der Waals surface area contributed by atoms with Crippen molar-refractivity contribution in [3.63, 3.8) is 0 Å². The highest BCUT2D eigenvalue weighted by atomic mass is 35.5. The van der Waals surface area contributed by atoms with Crippen LogP contribution < -0.4 is 0 Å². The molecule has 0 saturated carbocycles. The normalized spacial score (nSPS) is 12.1. The lowest BCUT2D eigenvalue weighted by atomic mass is 10.1. The van der Waals surface area contributed by atoms with Gasteiger partial charge in [0.15, 0.2) is 5.16 Å². The van der Waals surface area contributed by atoms with E-state index in [-0.39, 0.29) is 16.7 Å². The first-order chi connectivity index (χ1) is 13.0. The zero-order chi connectivity index (χ0) is 19.4. The van der Waals surface area contributed by atoms with Gasteiger partial charge in [0.1, 0.15) is 11.1 Å². The standard InChI is InChI=1S/C19H19ClN4O2S/c1-3-14-4-6-15(7-5-14)18(12-23(25)26)27-19-22-21-13(2)24(19)17-10-8-16(20)9-11-17/h4-11,18H,3,12H2,1-2H3/t18-/m1/s1. The summed E-state index contributed by atoms with van der Waals surface area (Å²) >= 11 is 7.32. The molecule has 27 heavy (non-hydrogen) atoms. The second kappa shape index (κ2) is 8.54. The summed E-state index contributed by atoms with van der Waals surface area (Å²) in [6.45, 7) is 3.74. The van der Waals surface area contributed by atoms with Crippen molar-refractivity contribution >= 4 is 23.4 Å². The molecule has 0 aliphatic carbocycles. The lowest BCUT2D eigenvalue weighted by Crippen LogP contribution is -2.11. The molecule has 1 aromatic heterocycles. The highest BCUT2D eigenvalue weighted by Gasteiger charge is 2.23. The van der Waals surface area contributed by atoms with Gasteiger partial charge in [-0.25, -0.2) is 0 Å². The molecule has 0 N–H and O–H groups in total. The molecular weight excluding hydrogens is 384 g/mol. The number of hydrogen-bond acceptors (Lipinski definition) is 5. The van der Waals surface area contributed by atoms with E-state index in [1.54, 1.807) is 12.1 Å². The molecule has 0 aliphatic heterocycles. The van der Waals surface area contributed by atoms with Gasteiger partial charge in [-0.05, 0) is 48.7 Å².